The van der Waals surface area contributed by atoms with E-state index in [9.17, 15) is 0 Å². The molecule has 5 heteroatoms. The molecule has 0 saturated carbocycles. The van der Waals surface area contributed by atoms with Crippen molar-refractivity contribution in [3.63, 3.8) is 0 Å². The zero-order valence-electron chi connectivity index (χ0n) is 9.52. The number of benzene rings is 1. The first kappa shape index (κ1) is 12.5. The Morgan fingerprint density at radius 1 is 1.29 bits per heavy atom. The minimum atomic E-state index is 0.288. The maximum absolute atomic E-state index is 5.82. The van der Waals surface area contributed by atoms with Crippen LogP contribution in [-0.2, 0) is 0 Å². The van der Waals surface area contributed by atoms with Crippen LogP contribution in [0.25, 0.3) is 0 Å². The highest BCUT2D eigenvalue weighted by atomic mass is 79.9. The lowest BCUT2D eigenvalue weighted by Gasteiger charge is -2.11. The molecule has 0 saturated heterocycles. The first-order valence-corrected chi connectivity index (χ1v) is 6.41. The summed E-state index contributed by atoms with van der Waals surface area (Å²) in [6.07, 6.45) is 1.90. The Morgan fingerprint density at radius 3 is 2.53 bits per heavy atom. The molecular weight excluding hydrogens is 304 g/mol. The molecule has 0 spiro atoms. The molecule has 0 aliphatic heterocycles. The summed E-state index contributed by atoms with van der Waals surface area (Å²) in [6, 6.07) is 8.05. The lowest BCUT2D eigenvalue weighted by atomic mass is 10.3. The number of imidazole rings is 1. The van der Waals surface area contributed by atoms with E-state index in [2.05, 4.69) is 34.8 Å². The Labute approximate surface area is 114 Å². The zero-order chi connectivity index (χ0) is 12.4. The molecule has 0 bridgehead atoms. The van der Waals surface area contributed by atoms with Gasteiger partial charge >= 0.3 is 6.01 Å². The molecule has 2 rings (SSSR count). The number of aromatic nitrogens is 2. The van der Waals surface area contributed by atoms with Crippen molar-refractivity contribution in [1.82, 2.24) is 9.55 Å². The van der Waals surface area contributed by atoms with Crippen LogP contribution in [0.1, 0.15) is 19.9 Å². The zero-order valence-corrected chi connectivity index (χ0v) is 11.9. The largest absolute Gasteiger partial charge is 0.425 e. The molecule has 0 unspecified atom stereocenters. The average Bonchev–Trinajstić information content (AvgIpc) is 2.63. The molecule has 0 aliphatic rings. The number of hydrogen-bond donors (Lipinski definition) is 0. The molecule has 1 aromatic heterocycles. The fraction of sp³-hybridized carbons (Fsp3) is 0.250. The minimum absolute atomic E-state index is 0.288. The molecule has 0 radical (unpaired) electrons. The Kier molecular flexibility index (Phi) is 3.74. The summed E-state index contributed by atoms with van der Waals surface area (Å²) in [5, 5.41) is 0.686. The summed E-state index contributed by atoms with van der Waals surface area (Å²) >= 11 is 9.16. The monoisotopic (exact) mass is 314 g/mol. The average molecular weight is 316 g/mol. The summed E-state index contributed by atoms with van der Waals surface area (Å²) < 4.78 is 8.43. The molecule has 2 aromatic rings. The van der Waals surface area contributed by atoms with Crippen molar-refractivity contribution >= 4 is 27.5 Å². The van der Waals surface area contributed by atoms with Crippen molar-refractivity contribution in [3.8, 4) is 11.8 Å². The highest BCUT2D eigenvalue weighted by molar-refractivity contribution is 9.10. The van der Waals surface area contributed by atoms with Gasteiger partial charge < -0.3 is 4.74 Å². The van der Waals surface area contributed by atoms with E-state index in [4.69, 9.17) is 16.3 Å². The third kappa shape index (κ3) is 3.01. The number of halogens is 2. The van der Waals surface area contributed by atoms with E-state index in [1.165, 1.54) is 0 Å². The maximum Gasteiger partial charge on any atom is 0.303 e. The van der Waals surface area contributed by atoms with Crippen molar-refractivity contribution < 1.29 is 4.74 Å². The summed E-state index contributed by atoms with van der Waals surface area (Å²) in [7, 11) is 0. The Hall–Kier alpha value is -1.00. The molecule has 1 heterocycles. The van der Waals surface area contributed by atoms with Gasteiger partial charge in [-0.1, -0.05) is 11.6 Å². The summed E-state index contributed by atoms with van der Waals surface area (Å²) in [5.74, 6) is 0.717. The fourth-order valence-corrected chi connectivity index (χ4v) is 1.90. The first-order chi connectivity index (χ1) is 8.06. The predicted octanol–water partition coefficient (Wildman–Crippen LogP) is 4.67. The van der Waals surface area contributed by atoms with Crippen LogP contribution in [0.4, 0.5) is 0 Å². The van der Waals surface area contributed by atoms with Gasteiger partial charge in [0.15, 0.2) is 0 Å². The maximum atomic E-state index is 5.82. The summed E-state index contributed by atoms with van der Waals surface area (Å²) in [4.78, 5) is 4.27. The lowest BCUT2D eigenvalue weighted by molar-refractivity contribution is 0.395. The van der Waals surface area contributed by atoms with Gasteiger partial charge in [0.1, 0.15) is 10.4 Å². The number of hydrogen-bond acceptors (Lipinski definition) is 2. The predicted molar refractivity (Wildman–Crippen MR) is 71.8 cm³/mol. The van der Waals surface area contributed by atoms with Crippen LogP contribution in [0.2, 0.25) is 5.02 Å². The van der Waals surface area contributed by atoms with Crippen molar-refractivity contribution in [2.75, 3.05) is 0 Å². The van der Waals surface area contributed by atoms with Gasteiger partial charge in [-0.15, -0.1) is 0 Å². The molecule has 0 amide bonds. The van der Waals surface area contributed by atoms with Crippen LogP contribution in [-0.4, -0.2) is 9.55 Å². The van der Waals surface area contributed by atoms with Gasteiger partial charge in [-0.25, -0.2) is 0 Å². The second-order valence-electron chi connectivity index (χ2n) is 3.90. The van der Waals surface area contributed by atoms with Crippen molar-refractivity contribution in [2.24, 2.45) is 0 Å². The Balaban J connectivity index is 2.26. The Morgan fingerprint density at radius 2 is 1.94 bits per heavy atom. The highest BCUT2D eigenvalue weighted by Gasteiger charge is 2.11. The second kappa shape index (κ2) is 5.10. The SMILES string of the molecule is CC(C)n1cc(Br)nc1Oc1ccc(Cl)cc1. The van der Waals surface area contributed by atoms with Crippen LogP contribution in [0.3, 0.4) is 0 Å². The van der Waals surface area contributed by atoms with E-state index in [0.29, 0.717) is 11.0 Å². The number of nitrogens with zero attached hydrogens (tertiary/aromatic N) is 2. The number of rotatable bonds is 3. The van der Waals surface area contributed by atoms with Gasteiger partial charge in [-0.2, -0.15) is 4.98 Å². The number of ether oxygens (including phenoxy) is 1. The molecule has 3 nitrogen and oxygen atoms in total. The van der Waals surface area contributed by atoms with Gasteiger partial charge in [0.2, 0.25) is 0 Å². The second-order valence-corrected chi connectivity index (χ2v) is 5.15. The topological polar surface area (TPSA) is 27.1 Å². The summed E-state index contributed by atoms with van der Waals surface area (Å²) in [5.41, 5.74) is 0. The minimum Gasteiger partial charge on any atom is -0.425 e. The van der Waals surface area contributed by atoms with Crippen LogP contribution in [0, 0.1) is 0 Å². The van der Waals surface area contributed by atoms with Crippen LogP contribution < -0.4 is 4.74 Å². The van der Waals surface area contributed by atoms with Crippen molar-refractivity contribution in [1.29, 1.82) is 0 Å². The van der Waals surface area contributed by atoms with E-state index < -0.39 is 0 Å². The third-order valence-corrected chi connectivity index (χ3v) is 2.88. The van der Waals surface area contributed by atoms with E-state index in [1.54, 1.807) is 12.1 Å². The molecule has 0 fully saturated rings. The van der Waals surface area contributed by atoms with Crippen LogP contribution in [0.15, 0.2) is 35.1 Å². The van der Waals surface area contributed by atoms with Crippen molar-refractivity contribution in [3.05, 3.63) is 40.1 Å². The first-order valence-electron chi connectivity index (χ1n) is 5.24. The van der Waals surface area contributed by atoms with E-state index >= 15 is 0 Å². The molecule has 0 aliphatic carbocycles. The normalized spacial score (nSPS) is 10.9. The molecular formula is C12H12BrClN2O. The third-order valence-electron chi connectivity index (χ3n) is 2.25. The molecule has 1 aromatic carbocycles. The fourth-order valence-electron chi connectivity index (χ4n) is 1.40. The van der Waals surface area contributed by atoms with Gasteiger partial charge in [0, 0.05) is 17.3 Å². The van der Waals surface area contributed by atoms with E-state index in [0.717, 1.165) is 10.4 Å². The van der Waals surface area contributed by atoms with Crippen molar-refractivity contribution in [2.45, 2.75) is 19.9 Å². The van der Waals surface area contributed by atoms with Crippen LogP contribution in [0.5, 0.6) is 11.8 Å². The highest BCUT2D eigenvalue weighted by Crippen LogP contribution is 2.26. The van der Waals surface area contributed by atoms with Gasteiger partial charge in [-0.3, -0.25) is 4.57 Å². The molecule has 90 valence electrons. The van der Waals surface area contributed by atoms with E-state index in [-0.39, 0.29) is 6.04 Å². The van der Waals surface area contributed by atoms with E-state index in [1.807, 2.05) is 22.9 Å². The standard InChI is InChI=1S/C12H12BrClN2O/c1-8(2)16-7-11(13)15-12(16)17-10-5-3-9(14)4-6-10/h3-8H,1-2H3. The molecule has 17 heavy (non-hydrogen) atoms. The molecule has 0 N–H and O–H groups in total. The Bertz CT molecular complexity index is 508. The molecule has 0 atom stereocenters. The van der Waals surface area contributed by atoms with Gasteiger partial charge in [-0.05, 0) is 54.0 Å². The van der Waals surface area contributed by atoms with Crippen LogP contribution >= 0.6 is 27.5 Å². The van der Waals surface area contributed by atoms with Gasteiger partial charge in [0.05, 0.1) is 0 Å². The quantitative estimate of drug-likeness (QED) is 0.823. The smallest absolute Gasteiger partial charge is 0.303 e. The summed E-state index contributed by atoms with van der Waals surface area (Å²) in [6.45, 7) is 4.14. The lowest BCUT2D eigenvalue weighted by Crippen LogP contribution is -2.01. The van der Waals surface area contributed by atoms with Gasteiger partial charge in [0.25, 0.3) is 0 Å².